The molecule has 0 aromatic heterocycles. The number of amides is 1. The highest BCUT2D eigenvalue weighted by molar-refractivity contribution is 5.99. The lowest BCUT2D eigenvalue weighted by Gasteiger charge is -2.28. The summed E-state index contributed by atoms with van der Waals surface area (Å²) in [6.07, 6.45) is 2.91. The summed E-state index contributed by atoms with van der Waals surface area (Å²) in [6, 6.07) is 7.61. The van der Waals surface area contributed by atoms with Crippen molar-refractivity contribution in [1.29, 1.82) is 0 Å². The molecule has 2 heterocycles. The molecule has 1 N–H and O–H groups in total. The second-order valence-electron chi connectivity index (χ2n) is 6.64. The van der Waals surface area contributed by atoms with E-state index in [-0.39, 0.29) is 18.2 Å². The fraction of sp³-hybridized carbons (Fsp3) is 0.579. The van der Waals surface area contributed by atoms with E-state index in [9.17, 15) is 9.59 Å². The maximum Gasteiger partial charge on any atom is 0.221 e. The molecule has 0 saturated carbocycles. The average Bonchev–Trinajstić information content (AvgIpc) is 3.19. The number of Topliss-reactive ketones (excluding diaryl/α,β-unsaturated/α-hetero) is 1. The van der Waals surface area contributed by atoms with E-state index in [1.165, 1.54) is 12.8 Å². The molecular formula is C19H27N3O3. The van der Waals surface area contributed by atoms with Crippen molar-refractivity contribution in [1.82, 2.24) is 10.2 Å². The molecule has 6 nitrogen and oxygen atoms in total. The second kappa shape index (κ2) is 8.97. The second-order valence-corrected chi connectivity index (χ2v) is 6.64. The highest BCUT2D eigenvalue weighted by Gasteiger charge is 2.15. The zero-order chi connectivity index (χ0) is 17.5. The first-order valence-corrected chi connectivity index (χ1v) is 9.17. The van der Waals surface area contributed by atoms with E-state index in [0.29, 0.717) is 12.0 Å². The zero-order valence-electron chi connectivity index (χ0n) is 14.7. The monoisotopic (exact) mass is 345 g/mol. The van der Waals surface area contributed by atoms with Crippen molar-refractivity contribution < 1.29 is 14.3 Å². The molecule has 0 atom stereocenters. The fourth-order valence-electron chi connectivity index (χ4n) is 3.31. The zero-order valence-corrected chi connectivity index (χ0v) is 14.7. The van der Waals surface area contributed by atoms with Gasteiger partial charge in [0.1, 0.15) is 0 Å². The Balaban J connectivity index is 1.42. The van der Waals surface area contributed by atoms with Crippen molar-refractivity contribution >= 4 is 17.4 Å². The number of carbonyl (C=O) groups excluding carboxylic acids is 2. The third-order valence-electron chi connectivity index (χ3n) is 4.87. The molecule has 0 aliphatic carbocycles. The van der Waals surface area contributed by atoms with Crippen LogP contribution >= 0.6 is 0 Å². The Morgan fingerprint density at radius 2 is 1.68 bits per heavy atom. The first-order chi connectivity index (χ1) is 12.2. The predicted octanol–water partition coefficient (Wildman–Crippen LogP) is 1.31. The van der Waals surface area contributed by atoms with Crippen LogP contribution in [0, 0.1) is 0 Å². The maximum absolute atomic E-state index is 12.2. The van der Waals surface area contributed by atoms with Crippen molar-refractivity contribution in [3.05, 3.63) is 29.8 Å². The molecule has 2 aliphatic rings. The van der Waals surface area contributed by atoms with Gasteiger partial charge in [-0.1, -0.05) is 0 Å². The highest BCUT2D eigenvalue weighted by Crippen LogP contribution is 2.16. The Kier molecular flexibility index (Phi) is 6.42. The molecular weight excluding hydrogens is 318 g/mol. The summed E-state index contributed by atoms with van der Waals surface area (Å²) in [6.45, 7) is 6.25. The number of benzene rings is 1. The molecule has 1 aromatic carbocycles. The fourth-order valence-corrected chi connectivity index (χ4v) is 3.31. The summed E-state index contributed by atoms with van der Waals surface area (Å²) in [7, 11) is 0. The van der Waals surface area contributed by atoms with Gasteiger partial charge in [0.05, 0.1) is 19.8 Å². The molecule has 1 amide bonds. The minimum Gasteiger partial charge on any atom is -0.378 e. The number of anilines is 1. The van der Waals surface area contributed by atoms with E-state index in [0.717, 1.165) is 51.6 Å². The lowest BCUT2D eigenvalue weighted by molar-refractivity contribution is -0.121. The summed E-state index contributed by atoms with van der Waals surface area (Å²) in [5.74, 6) is -0.103. The molecule has 25 heavy (non-hydrogen) atoms. The lowest BCUT2D eigenvalue weighted by atomic mass is 10.1. The van der Waals surface area contributed by atoms with Gasteiger partial charge in [-0.25, -0.2) is 0 Å². The maximum atomic E-state index is 12.2. The van der Waals surface area contributed by atoms with Gasteiger partial charge in [0.15, 0.2) is 5.78 Å². The van der Waals surface area contributed by atoms with E-state index in [4.69, 9.17) is 4.74 Å². The first kappa shape index (κ1) is 17.9. The number of nitrogens with zero attached hydrogens (tertiary/aromatic N) is 2. The van der Waals surface area contributed by atoms with Gasteiger partial charge in [-0.3, -0.25) is 9.59 Å². The summed E-state index contributed by atoms with van der Waals surface area (Å²) in [4.78, 5) is 28.7. The molecule has 0 spiro atoms. The van der Waals surface area contributed by atoms with E-state index >= 15 is 0 Å². The number of likely N-dealkylation sites (tertiary alicyclic amines) is 1. The quantitative estimate of drug-likeness (QED) is 0.755. The van der Waals surface area contributed by atoms with Crippen LogP contribution in [-0.2, 0) is 9.53 Å². The van der Waals surface area contributed by atoms with Crippen LogP contribution in [0.1, 0.15) is 29.6 Å². The van der Waals surface area contributed by atoms with Crippen molar-refractivity contribution in [3.8, 4) is 0 Å². The standard InChI is InChI=1S/C19H27N3O3/c23-18(15-20-19(24)7-10-21-8-1-2-9-21)16-3-5-17(6-4-16)22-11-13-25-14-12-22/h3-6H,1-2,7-15H2,(H,20,24). The van der Waals surface area contributed by atoms with E-state index < -0.39 is 0 Å². The van der Waals surface area contributed by atoms with E-state index in [1.807, 2.05) is 24.3 Å². The normalized spacial score (nSPS) is 18.3. The van der Waals surface area contributed by atoms with Crippen molar-refractivity contribution in [2.75, 3.05) is 57.4 Å². The number of rotatable bonds is 7. The molecule has 1 aromatic rings. The van der Waals surface area contributed by atoms with Gasteiger partial charge in [0.2, 0.25) is 5.91 Å². The summed E-state index contributed by atoms with van der Waals surface area (Å²) < 4.78 is 5.35. The smallest absolute Gasteiger partial charge is 0.221 e. The van der Waals surface area contributed by atoms with Crippen LogP contribution in [-0.4, -0.2) is 69.1 Å². The topological polar surface area (TPSA) is 61.9 Å². The van der Waals surface area contributed by atoms with E-state index in [2.05, 4.69) is 15.1 Å². The van der Waals surface area contributed by atoms with Crippen LogP contribution in [0.3, 0.4) is 0 Å². The third kappa shape index (κ3) is 5.28. The number of ketones is 1. The molecule has 0 unspecified atom stereocenters. The van der Waals surface area contributed by atoms with Gasteiger partial charge < -0.3 is 19.9 Å². The minimum absolute atomic E-state index is 0.0508. The van der Waals surface area contributed by atoms with Gasteiger partial charge in [-0.2, -0.15) is 0 Å². The first-order valence-electron chi connectivity index (χ1n) is 9.17. The van der Waals surface area contributed by atoms with Gasteiger partial charge >= 0.3 is 0 Å². The molecule has 136 valence electrons. The Bertz CT molecular complexity index is 576. The van der Waals surface area contributed by atoms with Gasteiger partial charge in [0, 0.05) is 37.3 Å². The molecule has 2 fully saturated rings. The van der Waals surface area contributed by atoms with Crippen LogP contribution in [0.25, 0.3) is 0 Å². The van der Waals surface area contributed by atoms with Crippen LogP contribution in [0.5, 0.6) is 0 Å². The van der Waals surface area contributed by atoms with Gasteiger partial charge in [-0.15, -0.1) is 0 Å². The molecule has 3 rings (SSSR count). The van der Waals surface area contributed by atoms with Gasteiger partial charge in [0.25, 0.3) is 0 Å². The average molecular weight is 345 g/mol. The Morgan fingerprint density at radius 1 is 1.00 bits per heavy atom. The predicted molar refractivity (Wildman–Crippen MR) is 97.1 cm³/mol. The lowest BCUT2D eigenvalue weighted by Crippen LogP contribution is -2.36. The summed E-state index contributed by atoms with van der Waals surface area (Å²) in [5, 5.41) is 2.74. The van der Waals surface area contributed by atoms with Crippen LogP contribution < -0.4 is 10.2 Å². The highest BCUT2D eigenvalue weighted by atomic mass is 16.5. The SMILES string of the molecule is O=C(CCN1CCCC1)NCC(=O)c1ccc(N2CCOCC2)cc1. The van der Waals surface area contributed by atoms with Crippen molar-refractivity contribution in [2.24, 2.45) is 0 Å². The number of nitrogens with one attached hydrogen (secondary N) is 1. The number of hydrogen-bond acceptors (Lipinski definition) is 5. The Labute approximate surface area is 149 Å². The number of hydrogen-bond donors (Lipinski definition) is 1. The van der Waals surface area contributed by atoms with Crippen LogP contribution in [0.2, 0.25) is 0 Å². The van der Waals surface area contributed by atoms with Crippen LogP contribution in [0.15, 0.2) is 24.3 Å². The largest absolute Gasteiger partial charge is 0.378 e. The third-order valence-corrected chi connectivity index (χ3v) is 4.87. The Hall–Kier alpha value is -1.92. The number of carbonyl (C=O) groups is 2. The van der Waals surface area contributed by atoms with Crippen LogP contribution in [0.4, 0.5) is 5.69 Å². The van der Waals surface area contributed by atoms with Gasteiger partial charge in [-0.05, 0) is 50.2 Å². The summed E-state index contributed by atoms with van der Waals surface area (Å²) >= 11 is 0. The molecule has 0 radical (unpaired) electrons. The number of morpholine rings is 1. The Morgan fingerprint density at radius 3 is 2.36 bits per heavy atom. The van der Waals surface area contributed by atoms with E-state index in [1.54, 1.807) is 0 Å². The molecule has 6 heteroatoms. The minimum atomic E-state index is -0.0527. The van der Waals surface area contributed by atoms with Crippen molar-refractivity contribution in [2.45, 2.75) is 19.3 Å². The molecule has 0 bridgehead atoms. The van der Waals surface area contributed by atoms with Crippen molar-refractivity contribution in [3.63, 3.8) is 0 Å². The summed E-state index contributed by atoms with van der Waals surface area (Å²) in [5.41, 5.74) is 1.74. The molecule has 2 saturated heterocycles. The number of ether oxygens (including phenoxy) is 1. The molecule has 2 aliphatic heterocycles.